The van der Waals surface area contributed by atoms with E-state index >= 15 is 0 Å². The Bertz CT molecular complexity index is 1080. The highest BCUT2D eigenvalue weighted by Crippen LogP contribution is 2.24. The molecule has 2 N–H and O–H groups in total. The average Bonchev–Trinajstić information content (AvgIpc) is 2.75. The number of anilines is 2. The highest BCUT2D eigenvalue weighted by molar-refractivity contribution is 6.31. The third-order valence-corrected chi connectivity index (χ3v) is 4.68. The molecule has 30 heavy (non-hydrogen) atoms. The molecule has 0 unspecified atom stereocenters. The van der Waals surface area contributed by atoms with Gasteiger partial charge in [-0.05, 0) is 42.5 Å². The quantitative estimate of drug-likeness (QED) is 0.523. The van der Waals surface area contributed by atoms with Crippen molar-refractivity contribution in [1.82, 2.24) is 0 Å². The molecule has 0 bridgehead atoms. The van der Waals surface area contributed by atoms with Crippen LogP contribution in [0.5, 0.6) is 0 Å². The Hall–Kier alpha value is -3.44. The summed E-state index contributed by atoms with van der Waals surface area (Å²) in [5.74, 6) is -0.850. The summed E-state index contributed by atoms with van der Waals surface area (Å²) in [5, 5.41) is 5.95. The monoisotopic (exact) mass is 420 g/mol. The minimum atomic E-state index is -0.374. The van der Waals surface area contributed by atoms with Crippen LogP contribution in [0.15, 0.2) is 72.8 Å². The minimum Gasteiger partial charge on any atom is -0.326 e. The first-order valence-electron chi connectivity index (χ1n) is 9.46. The zero-order valence-electron chi connectivity index (χ0n) is 16.6. The van der Waals surface area contributed by atoms with Crippen LogP contribution in [0.3, 0.4) is 0 Å². The van der Waals surface area contributed by atoms with E-state index in [2.05, 4.69) is 10.6 Å². The first-order chi connectivity index (χ1) is 14.3. The molecule has 3 rings (SSSR count). The van der Waals surface area contributed by atoms with Crippen LogP contribution < -0.4 is 10.6 Å². The van der Waals surface area contributed by atoms with E-state index in [1.54, 1.807) is 74.5 Å². The summed E-state index contributed by atoms with van der Waals surface area (Å²) in [4.78, 5) is 37.4. The van der Waals surface area contributed by atoms with Crippen LogP contribution in [0, 0.1) is 5.92 Å². The molecule has 0 aliphatic carbocycles. The Morgan fingerprint density at radius 3 is 2.10 bits per heavy atom. The number of nitrogens with one attached hydrogen (secondary N) is 2. The number of hydrogen-bond donors (Lipinski definition) is 2. The zero-order chi connectivity index (χ0) is 21.7. The highest BCUT2D eigenvalue weighted by atomic mass is 35.5. The molecule has 0 heterocycles. The van der Waals surface area contributed by atoms with Gasteiger partial charge >= 0.3 is 0 Å². The van der Waals surface area contributed by atoms with Gasteiger partial charge in [-0.1, -0.05) is 55.8 Å². The smallest absolute Gasteiger partial charge is 0.255 e. The van der Waals surface area contributed by atoms with E-state index in [0.29, 0.717) is 33.1 Å². The SMILES string of the molecule is CC(C)C(=O)Nc1ccc(C(=O)Nc2ccc(Cl)cc2C(=O)c2ccccc2)cc1. The van der Waals surface area contributed by atoms with E-state index in [1.165, 1.54) is 6.07 Å². The van der Waals surface area contributed by atoms with Gasteiger partial charge in [0, 0.05) is 33.3 Å². The van der Waals surface area contributed by atoms with Gasteiger partial charge in [0.2, 0.25) is 5.91 Å². The summed E-state index contributed by atoms with van der Waals surface area (Å²) in [6, 6.07) is 20.1. The molecule has 152 valence electrons. The molecule has 0 aliphatic rings. The van der Waals surface area contributed by atoms with Crippen LogP contribution in [0.25, 0.3) is 0 Å². The first-order valence-corrected chi connectivity index (χ1v) is 9.84. The average molecular weight is 421 g/mol. The molecular weight excluding hydrogens is 400 g/mol. The number of amides is 2. The van der Waals surface area contributed by atoms with Gasteiger partial charge in [-0.3, -0.25) is 14.4 Å². The number of ketones is 1. The third-order valence-electron chi connectivity index (χ3n) is 4.45. The van der Waals surface area contributed by atoms with E-state index in [1.807, 2.05) is 6.07 Å². The van der Waals surface area contributed by atoms with E-state index in [0.717, 1.165) is 0 Å². The van der Waals surface area contributed by atoms with Crippen molar-refractivity contribution in [2.24, 2.45) is 5.92 Å². The largest absolute Gasteiger partial charge is 0.326 e. The van der Waals surface area contributed by atoms with Crippen LogP contribution in [-0.2, 0) is 4.79 Å². The van der Waals surface area contributed by atoms with E-state index in [-0.39, 0.29) is 23.5 Å². The third kappa shape index (κ3) is 5.13. The van der Waals surface area contributed by atoms with Crippen LogP contribution in [0.1, 0.15) is 40.1 Å². The van der Waals surface area contributed by atoms with Gasteiger partial charge in [-0.25, -0.2) is 0 Å². The maximum Gasteiger partial charge on any atom is 0.255 e. The van der Waals surface area contributed by atoms with Crippen molar-refractivity contribution in [3.05, 3.63) is 94.5 Å². The molecule has 6 heteroatoms. The van der Waals surface area contributed by atoms with Gasteiger partial charge in [-0.2, -0.15) is 0 Å². The van der Waals surface area contributed by atoms with Crippen molar-refractivity contribution in [3.8, 4) is 0 Å². The summed E-state index contributed by atoms with van der Waals surface area (Å²) in [6.45, 7) is 3.61. The predicted octanol–water partition coefficient (Wildman–Crippen LogP) is 5.42. The number of carbonyl (C=O) groups excluding carboxylic acids is 3. The number of hydrogen-bond acceptors (Lipinski definition) is 3. The molecule has 0 aliphatic heterocycles. The summed E-state index contributed by atoms with van der Waals surface area (Å²) >= 11 is 6.08. The number of carbonyl (C=O) groups is 3. The van der Waals surface area contributed by atoms with Crippen molar-refractivity contribution in [2.75, 3.05) is 10.6 Å². The number of halogens is 1. The van der Waals surface area contributed by atoms with Gasteiger partial charge in [-0.15, -0.1) is 0 Å². The number of benzene rings is 3. The van der Waals surface area contributed by atoms with Gasteiger partial charge in [0.1, 0.15) is 0 Å². The summed E-state index contributed by atoms with van der Waals surface area (Å²) < 4.78 is 0. The Balaban J connectivity index is 1.80. The van der Waals surface area contributed by atoms with E-state index < -0.39 is 0 Å². The van der Waals surface area contributed by atoms with Crippen molar-refractivity contribution in [3.63, 3.8) is 0 Å². The topological polar surface area (TPSA) is 75.3 Å². The second-order valence-electron chi connectivity index (χ2n) is 7.06. The van der Waals surface area contributed by atoms with Gasteiger partial charge in [0.25, 0.3) is 5.91 Å². The van der Waals surface area contributed by atoms with E-state index in [4.69, 9.17) is 11.6 Å². The molecule has 5 nitrogen and oxygen atoms in total. The molecular formula is C24H21ClN2O3. The molecule has 0 saturated heterocycles. The number of rotatable bonds is 6. The lowest BCUT2D eigenvalue weighted by molar-refractivity contribution is -0.118. The summed E-state index contributed by atoms with van der Waals surface area (Å²) in [7, 11) is 0. The molecule has 3 aromatic rings. The van der Waals surface area contributed by atoms with Crippen molar-refractivity contribution < 1.29 is 14.4 Å². The lowest BCUT2D eigenvalue weighted by atomic mass is 10.0. The fourth-order valence-corrected chi connectivity index (χ4v) is 2.92. The van der Waals surface area contributed by atoms with Crippen LogP contribution in [-0.4, -0.2) is 17.6 Å². The van der Waals surface area contributed by atoms with Crippen LogP contribution in [0.2, 0.25) is 5.02 Å². The zero-order valence-corrected chi connectivity index (χ0v) is 17.4. The first kappa shape index (κ1) is 21.3. The molecule has 0 aromatic heterocycles. The van der Waals surface area contributed by atoms with Crippen molar-refractivity contribution >= 4 is 40.6 Å². The fourth-order valence-electron chi connectivity index (χ4n) is 2.74. The Labute approximate surface area is 180 Å². The van der Waals surface area contributed by atoms with E-state index in [9.17, 15) is 14.4 Å². The fraction of sp³-hybridized carbons (Fsp3) is 0.125. The van der Waals surface area contributed by atoms with Gasteiger partial charge < -0.3 is 10.6 Å². The Morgan fingerprint density at radius 1 is 0.800 bits per heavy atom. The molecule has 0 saturated carbocycles. The second kappa shape index (κ2) is 9.37. The maximum atomic E-state index is 12.9. The van der Waals surface area contributed by atoms with Crippen LogP contribution in [0.4, 0.5) is 11.4 Å². The molecule has 0 spiro atoms. The Morgan fingerprint density at radius 2 is 1.47 bits per heavy atom. The van der Waals surface area contributed by atoms with Gasteiger partial charge in [0.15, 0.2) is 5.78 Å². The lowest BCUT2D eigenvalue weighted by Crippen LogP contribution is -2.18. The molecule has 0 atom stereocenters. The predicted molar refractivity (Wildman–Crippen MR) is 119 cm³/mol. The minimum absolute atomic E-state index is 0.0996. The molecule has 0 radical (unpaired) electrons. The maximum absolute atomic E-state index is 12.9. The van der Waals surface area contributed by atoms with Crippen LogP contribution >= 0.6 is 11.6 Å². The van der Waals surface area contributed by atoms with Crippen molar-refractivity contribution in [2.45, 2.75) is 13.8 Å². The normalized spacial score (nSPS) is 10.5. The standard InChI is InChI=1S/C24H21ClN2O3/c1-15(2)23(29)26-19-11-8-17(9-12-19)24(30)27-21-13-10-18(25)14-20(21)22(28)16-6-4-3-5-7-16/h3-15H,1-2H3,(H,26,29)(H,27,30). The van der Waals surface area contributed by atoms with Gasteiger partial charge in [0.05, 0.1) is 5.69 Å². The molecule has 3 aromatic carbocycles. The molecule has 0 fully saturated rings. The summed E-state index contributed by atoms with van der Waals surface area (Å²) in [6.07, 6.45) is 0. The second-order valence-corrected chi connectivity index (χ2v) is 7.50. The van der Waals surface area contributed by atoms with Crippen molar-refractivity contribution in [1.29, 1.82) is 0 Å². The highest BCUT2D eigenvalue weighted by Gasteiger charge is 2.17. The summed E-state index contributed by atoms with van der Waals surface area (Å²) in [5.41, 5.74) is 2.18. The Kier molecular flexibility index (Phi) is 6.65. The lowest BCUT2D eigenvalue weighted by Gasteiger charge is -2.12. The molecule has 2 amide bonds.